The molecule has 0 bridgehead atoms. The van der Waals surface area contributed by atoms with E-state index < -0.39 is 0 Å². The van der Waals surface area contributed by atoms with Crippen LogP contribution in [0.25, 0.3) is 0 Å². The smallest absolute Gasteiger partial charge is 0.104 e. The highest BCUT2D eigenvalue weighted by Gasteiger charge is 2.16. The number of unbranched alkanes of at least 4 members (excludes halogenated alkanes) is 7. The molecular formula is C15H34ClNO. The van der Waals surface area contributed by atoms with Crippen molar-refractivity contribution in [3.63, 3.8) is 0 Å². The molecule has 0 aromatic heterocycles. The Morgan fingerprint density at radius 3 is 1.78 bits per heavy atom. The van der Waals surface area contributed by atoms with Crippen molar-refractivity contribution in [1.82, 2.24) is 0 Å². The molecule has 18 heavy (non-hydrogen) atoms. The molecule has 2 nitrogen and oxygen atoms in total. The summed E-state index contributed by atoms with van der Waals surface area (Å²) in [4.78, 5) is 0. The maximum atomic E-state index is 9.40. The maximum Gasteiger partial charge on any atom is 0.104 e. The van der Waals surface area contributed by atoms with Crippen molar-refractivity contribution in [2.24, 2.45) is 0 Å². The van der Waals surface area contributed by atoms with Crippen molar-refractivity contribution < 1.29 is 22.0 Å². The molecule has 0 fully saturated rings. The Morgan fingerprint density at radius 2 is 1.33 bits per heavy atom. The third-order valence-electron chi connectivity index (χ3n) is 3.38. The van der Waals surface area contributed by atoms with Crippen molar-refractivity contribution in [2.45, 2.75) is 71.3 Å². The summed E-state index contributed by atoms with van der Waals surface area (Å²) in [5, 5.41) is 9.40. The van der Waals surface area contributed by atoms with Gasteiger partial charge in [-0.3, -0.25) is 0 Å². The first-order valence-electron chi connectivity index (χ1n) is 7.48. The maximum absolute atomic E-state index is 9.40. The van der Waals surface area contributed by atoms with Crippen LogP contribution < -0.4 is 12.4 Å². The van der Waals surface area contributed by atoms with Gasteiger partial charge in [-0.1, -0.05) is 45.4 Å². The number of hydrogen-bond donors (Lipinski definition) is 1. The van der Waals surface area contributed by atoms with Gasteiger partial charge in [0.1, 0.15) is 12.6 Å². The van der Waals surface area contributed by atoms with E-state index in [1.807, 2.05) is 6.92 Å². The molecule has 1 N–H and O–H groups in total. The zero-order valence-electron chi connectivity index (χ0n) is 12.9. The summed E-state index contributed by atoms with van der Waals surface area (Å²) in [5.74, 6) is 0. The molecule has 0 saturated carbocycles. The SMILES string of the molecule is CCCCCCCCCC[N+](C)(C)CC(C)O.[Cl-]. The lowest BCUT2D eigenvalue weighted by Crippen LogP contribution is -3.00. The number of aliphatic hydroxyl groups is 1. The second kappa shape index (κ2) is 12.3. The van der Waals surface area contributed by atoms with Crippen LogP contribution in [0.1, 0.15) is 65.2 Å². The number of aliphatic hydroxyl groups excluding tert-OH is 1. The summed E-state index contributed by atoms with van der Waals surface area (Å²) in [7, 11) is 4.43. The van der Waals surface area contributed by atoms with Gasteiger partial charge in [-0.2, -0.15) is 0 Å². The van der Waals surface area contributed by atoms with Crippen LogP contribution in [0.3, 0.4) is 0 Å². The van der Waals surface area contributed by atoms with Gasteiger partial charge < -0.3 is 22.0 Å². The highest BCUT2D eigenvalue weighted by Crippen LogP contribution is 2.10. The van der Waals surface area contributed by atoms with Crippen LogP contribution in [-0.2, 0) is 0 Å². The first kappa shape index (κ1) is 20.5. The van der Waals surface area contributed by atoms with Crippen molar-refractivity contribution in [2.75, 3.05) is 27.2 Å². The van der Waals surface area contributed by atoms with Crippen LogP contribution in [0.5, 0.6) is 0 Å². The number of likely N-dealkylation sites (N-methyl/N-ethyl adjacent to an activating group) is 1. The molecule has 0 aromatic carbocycles. The first-order valence-corrected chi connectivity index (χ1v) is 7.48. The van der Waals surface area contributed by atoms with Crippen LogP contribution in [0.15, 0.2) is 0 Å². The minimum absolute atomic E-state index is 0. The fraction of sp³-hybridized carbons (Fsp3) is 1.00. The molecule has 0 aliphatic rings. The molecule has 0 aliphatic carbocycles. The van der Waals surface area contributed by atoms with Gasteiger partial charge in [0.25, 0.3) is 0 Å². The fourth-order valence-corrected chi connectivity index (χ4v) is 2.48. The Bertz CT molecular complexity index is 172. The Hall–Kier alpha value is 0.210. The quantitative estimate of drug-likeness (QED) is 0.434. The topological polar surface area (TPSA) is 20.2 Å². The average Bonchev–Trinajstić information content (AvgIpc) is 2.20. The molecule has 0 heterocycles. The van der Waals surface area contributed by atoms with E-state index in [0.717, 1.165) is 11.0 Å². The molecule has 0 rings (SSSR count). The number of nitrogens with zero attached hydrogens (tertiary/aromatic N) is 1. The van der Waals surface area contributed by atoms with Gasteiger partial charge in [0.2, 0.25) is 0 Å². The van der Waals surface area contributed by atoms with Gasteiger partial charge in [-0.15, -0.1) is 0 Å². The van der Waals surface area contributed by atoms with Crippen LogP contribution in [0, 0.1) is 0 Å². The molecule has 1 unspecified atom stereocenters. The van der Waals surface area contributed by atoms with Crippen LogP contribution in [0.4, 0.5) is 0 Å². The summed E-state index contributed by atoms with van der Waals surface area (Å²) in [6.07, 6.45) is 10.8. The van der Waals surface area contributed by atoms with E-state index in [-0.39, 0.29) is 18.5 Å². The Kier molecular flexibility index (Phi) is 14.0. The second-order valence-corrected chi connectivity index (χ2v) is 6.17. The Labute approximate surface area is 121 Å². The predicted molar refractivity (Wildman–Crippen MR) is 76.1 cm³/mol. The Morgan fingerprint density at radius 1 is 0.889 bits per heavy atom. The highest BCUT2D eigenvalue weighted by molar-refractivity contribution is 4.48. The third-order valence-corrected chi connectivity index (χ3v) is 3.38. The van der Waals surface area contributed by atoms with Gasteiger partial charge in [0.05, 0.1) is 20.6 Å². The second-order valence-electron chi connectivity index (χ2n) is 6.17. The highest BCUT2D eigenvalue weighted by atomic mass is 35.5. The summed E-state index contributed by atoms with van der Waals surface area (Å²) < 4.78 is 0.952. The molecule has 0 spiro atoms. The van der Waals surface area contributed by atoms with Crippen molar-refractivity contribution in [3.05, 3.63) is 0 Å². The molecule has 0 aliphatic heterocycles. The number of rotatable bonds is 11. The average molecular weight is 280 g/mol. The lowest BCUT2D eigenvalue weighted by Gasteiger charge is -2.31. The standard InChI is InChI=1S/C15H34NO.ClH/c1-5-6-7-8-9-10-11-12-13-16(3,4)14-15(2)17;/h15,17H,5-14H2,1-4H3;1H/q+1;/p-1. The number of halogens is 1. The summed E-state index contributed by atoms with van der Waals surface area (Å²) in [5.41, 5.74) is 0. The zero-order valence-corrected chi connectivity index (χ0v) is 13.7. The number of hydrogen-bond acceptors (Lipinski definition) is 1. The molecule has 3 heteroatoms. The van der Waals surface area contributed by atoms with E-state index in [1.165, 1.54) is 57.9 Å². The summed E-state index contributed by atoms with van der Waals surface area (Å²) in [6.45, 7) is 6.21. The van der Waals surface area contributed by atoms with Gasteiger partial charge in [-0.25, -0.2) is 0 Å². The van der Waals surface area contributed by atoms with E-state index in [9.17, 15) is 5.11 Å². The van der Waals surface area contributed by atoms with Crippen molar-refractivity contribution >= 4 is 0 Å². The molecule has 0 saturated heterocycles. The molecular weight excluding hydrogens is 246 g/mol. The van der Waals surface area contributed by atoms with E-state index in [2.05, 4.69) is 21.0 Å². The number of quaternary nitrogens is 1. The normalized spacial score (nSPS) is 13.2. The lowest BCUT2D eigenvalue weighted by atomic mass is 10.1. The Balaban J connectivity index is 0. The van der Waals surface area contributed by atoms with E-state index in [0.29, 0.717) is 0 Å². The van der Waals surface area contributed by atoms with Gasteiger partial charge >= 0.3 is 0 Å². The van der Waals surface area contributed by atoms with Crippen LogP contribution >= 0.6 is 0 Å². The van der Waals surface area contributed by atoms with Crippen molar-refractivity contribution in [3.8, 4) is 0 Å². The van der Waals surface area contributed by atoms with Crippen molar-refractivity contribution in [1.29, 1.82) is 0 Å². The molecule has 0 amide bonds. The van der Waals surface area contributed by atoms with E-state index in [1.54, 1.807) is 0 Å². The minimum Gasteiger partial charge on any atom is -1.00 e. The van der Waals surface area contributed by atoms with Gasteiger partial charge in [-0.05, 0) is 19.8 Å². The molecule has 112 valence electrons. The van der Waals surface area contributed by atoms with Gasteiger partial charge in [0.15, 0.2) is 0 Å². The summed E-state index contributed by atoms with van der Waals surface area (Å²) >= 11 is 0. The third kappa shape index (κ3) is 14.3. The zero-order chi connectivity index (χ0) is 13.1. The molecule has 0 radical (unpaired) electrons. The minimum atomic E-state index is -0.181. The van der Waals surface area contributed by atoms with Crippen LogP contribution in [0.2, 0.25) is 0 Å². The largest absolute Gasteiger partial charge is 1.00 e. The fourth-order valence-electron chi connectivity index (χ4n) is 2.48. The monoisotopic (exact) mass is 279 g/mol. The summed E-state index contributed by atoms with van der Waals surface area (Å²) in [6, 6.07) is 0. The molecule has 0 aromatic rings. The van der Waals surface area contributed by atoms with Gasteiger partial charge in [0, 0.05) is 0 Å². The van der Waals surface area contributed by atoms with E-state index >= 15 is 0 Å². The van der Waals surface area contributed by atoms with Crippen LogP contribution in [-0.4, -0.2) is 42.9 Å². The lowest BCUT2D eigenvalue weighted by molar-refractivity contribution is -0.893. The molecule has 1 atom stereocenters. The predicted octanol–water partition coefficient (Wildman–Crippen LogP) is 0.588. The first-order chi connectivity index (χ1) is 7.98. The van der Waals surface area contributed by atoms with E-state index in [4.69, 9.17) is 0 Å².